The van der Waals surface area contributed by atoms with Gasteiger partial charge >= 0.3 is 6.18 Å². The largest absolute Gasteiger partial charge is 0.413 e. The molecule has 0 saturated heterocycles. The average Bonchev–Trinajstić information content (AvgIpc) is 2.37. The van der Waals surface area contributed by atoms with E-state index in [-0.39, 0.29) is 26.9 Å². The lowest BCUT2D eigenvalue weighted by molar-refractivity contribution is -0.152. The standard InChI is InChI=1S/C11H7Cl2F3N2O3S/c1-5-2-6-7(18-10(13)9(12)17-6)3-8(5)22(19,20)21-4-11(14,15)16/h2-3H,4H2,1H3. The molecule has 1 heterocycles. The first-order chi connectivity index (χ1) is 9.99. The van der Waals surface area contributed by atoms with Gasteiger partial charge in [0.05, 0.1) is 15.9 Å². The quantitative estimate of drug-likeness (QED) is 0.768. The molecular formula is C11H7Cl2F3N2O3S. The molecule has 0 aliphatic heterocycles. The van der Waals surface area contributed by atoms with Gasteiger partial charge in [0, 0.05) is 0 Å². The SMILES string of the molecule is Cc1cc2nc(Cl)c(Cl)nc2cc1S(=O)(=O)OCC(F)(F)F. The molecule has 0 fully saturated rings. The number of hydrogen-bond donors (Lipinski definition) is 0. The lowest BCUT2D eigenvalue weighted by atomic mass is 10.2. The van der Waals surface area contributed by atoms with Crippen molar-refractivity contribution >= 4 is 44.4 Å². The first-order valence-electron chi connectivity index (χ1n) is 5.59. The maximum absolute atomic E-state index is 12.1. The van der Waals surface area contributed by atoms with E-state index in [0.717, 1.165) is 6.07 Å². The van der Waals surface area contributed by atoms with Crippen LogP contribution in [0.1, 0.15) is 5.56 Å². The number of nitrogens with zero attached hydrogens (tertiary/aromatic N) is 2. The van der Waals surface area contributed by atoms with Gasteiger partial charge in [-0.05, 0) is 24.6 Å². The summed E-state index contributed by atoms with van der Waals surface area (Å²) < 4.78 is 64.1. The molecule has 5 nitrogen and oxygen atoms in total. The highest BCUT2D eigenvalue weighted by Gasteiger charge is 2.32. The molecule has 0 aliphatic carbocycles. The maximum Gasteiger partial charge on any atom is 0.413 e. The van der Waals surface area contributed by atoms with Crippen molar-refractivity contribution < 1.29 is 25.8 Å². The fourth-order valence-corrected chi connectivity index (χ4v) is 3.01. The molecule has 0 N–H and O–H groups in total. The summed E-state index contributed by atoms with van der Waals surface area (Å²) in [7, 11) is -4.60. The third kappa shape index (κ3) is 3.78. The van der Waals surface area contributed by atoms with E-state index in [2.05, 4.69) is 14.2 Å². The maximum atomic E-state index is 12.1. The first kappa shape index (κ1) is 17.2. The second kappa shape index (κ2) is 5.80. The molecule has 0 spiro atoms. The van der Waals surface area contributed by atoms with Crippen molar-refractivity contribution in [2.45, 2.75) is 18.0 Å². The van der Waals surface area contributed by atoms with Crippen molar-refractivity contribution in [3.05, 3.63) is 28.0 Å². The molecule has 120 valence electrons. The Hall–Kier alpha value is -1.16. The minimum Gasteiger partial charge on any atom is -0.257 e. The molecule has 0 unspecified atom stereocenters. The highest BCUT2D eigenvalue weighted by Crippen LogP contribution is 2.27. The van der Waals surface area contributed by atoms with E-state index >= 15 is 0 Å². The Balaban J connectivity index is 2.51. The van der Waals surface area contributed by atoms with Crippen molar-refractivity contribution in [2.24, 2.45) is 0 Å². The van der Waals surface area contributed by atoms with E-state index in [1.807, 2.05) is 0 Å². The van der Waals surface area contributed by atoms with Crippen LogP contribution in [-0.2, 0) is 14.3 Å². The number of halogens is 5. The van der Waals surface area contributed by atoms with Crippen LogP contribution in [0.3, 0.4) is 0 Å². The van der Waals surface area contributed by atoms with Crippen LogP contribution >= 0.6 is 23.2 Å². The van der Waals surface area contributed by atoms with Crippen LogP contribution in [-0.4, -0.2) is 31.2 Å². The number of fused-ring (bicyclic) bond motifs is 1. The van der Waals surface area contributed by atoms with Gasteiger partial charge in [0.15, 0.2) is 16.9 Å². The summed E-state index contributed by atoms with van der Waals surface area (Å²) >= 11 is 11.4. The second-order valence-corrected chi connectivity index (χ2v) is 6.54. The normalized spacial score (nSPS) is 12.8. The molecule has 0 bridgehead atoms. The Bertz CT molecular complexity index is 841. The van der Waals surface area contributed by atoms with Crippen molar-refractivity contribution in [2.75, 3.05) is 6.61 Å². The summed E-state index contributed by atoms with van der Waals surface area (Å²) in [4.78, 5) is 7.28. The fraction of sp³-hybridized carbons (Fsp3) is 0.273. The predicted octanol–water partition coefficient (Wildman–Crippen LogP) is 3.51. The average molecular weight is 375 g/mol. The highest BCUT2D eigenvalue weighted by molar-refractivity contribution is 7.86. The van der Waals surface area contributed by atoms with Gasteiger partial charge in [-0.2, -0.15) is 21.6 Å². The molecule has 1 aromatic carbocycles. The molecule has 0 radical (unpaired) electrons. The smallest absolute Gasteiger partial charge is 0.257 e. The Morgan fingerprint density at radius 1 is 1.14 bits per heavy atom. The topological polar surface area (TPSA) is 69.2 Å². The zero-order chi connectivity index (χ0) is 16.7. The van der Waals surface area contributed by atoms with Gasteiger partial charge in [-0.1, -0.05) is 23.2 Å². The molecule has 2 rings (SSSR count). The molecule has 0 aliphatic rings. The van der Waals surface area contributed by atoms with Crippen molar-refractivity contribution in [1.29, 1.82) is 0 Å². The van der Waals surface area contributed by atoms with Gasteiger partial charge in [0.1, 0.15) is 0 Å². The zero-order valence-electron chi connectivity index (χ0n) is 10.8. The van der Waals surface area contributed by atoms with Gasteiger partial charge in [0.2, 0.25) is 0 Å². The Labute approximate surface area is 133 Å². The fourth-order valence-electron chi connectivity index (χ4n) is 1.62. The summed E-state index contributed by atoms with van der Waals surface area (Å²) in [5.41, 5.74) is 0.457. The van der Waals surface area contributed by atoms with Crippen LogP contribution in [0.25, 0.3) is 11.0 Å². The van der Waals surface area contributed by atoms with E-state index in [4.69, 9.17) is 23.2 Å². The van der Waals surface area contributed by atoms with Crippen molar-refractivity contribution in [1.82, 2.24) is 9.97 Å². The molecule has 0 atom stereocenters. The lowest BCUT2D eigenvalue weighted by Gasteiger charge is -2.11. The molecule has 22 heavy (non-hydrogen) atoms. The number of alkyl halides is 3. The van der Waals surface area contributed by atoms with Crippen LogP contribution in [0.2, 0.25) is 10.3 Å². The second-order valence-electron chi connectivity index (χ2n) is 4.24. The predicted molar refractivity (Wildman–Crippen MR) is 73.5 cm³/mol. The molecule has 0 amide bonds. The number of aromatic nitrogens is 2. The molecule has 1 aromatic heterocycles. The van der Waals surface area contributed by atoms with E-state index < -0.39 is 27.8 Å². The summed E-state index contributed by atoms with van der Waals surface area (Å²) in [6, 6.07) is 2.35. The van der Waals surface area contributed by atoms with Gasteiger partial charge < -0.3 is 0 Å². The summed E-state index contributed by atoms with van der Waals surface area (Å²) in [6.45, 7) is -0.534. The minimum atomic E-state index is -4.77. The molecule has 2 aromatic rings. The summed E-state index contributed by atoms with van der Waals surface area (Å²) in [5, 5.41) is -0.227. The Morgan fingerprint density at radius 2 is 1.64 bits per heavy atom. The van der Waals surface area contributed by atoms with Crippen LogP contribution in [0.15, 0.2) is 17.0 Å². The third-order valence-electron chi connectivity index (χ3n) is 2.53. The minimum absolute atomic E-state index is 0.0641. The number of benzene rings is 1. The van der Waals surface area contributed by atoms with Crippen LogP contribution in [0.4, 0.5) is 13.2 Å². The number of hydrogen-bond acceptors (Lipinski definition) is 5. The third-order valence-corrected chi connectivity index (χ3v) is 4.56. The monoisotopic (exact) mass is 374 g/mol. The van der Waals surface area contributed by atoms with Crippen molar-refractivity contribution in [3.8, 4) is 0 Å². The summed E-state index contributed by atoms with van der Waals surface area (Å²) in [5.74, 6) is 0. The van der Waals surface area contributed by atoms with Crippen LogP contribution in [0.5, 0.6) is 0 Å². The zero-order valence-corrected chi connectivity index (χ0v) is 13.1. The first-order valence-corrected chi connectivity index (χ1v) is 7.75. The molecule has 11 heteroatoms. The number of aryl methyl sites for hydroxylation is 1. The molecule has 0 saturated carbocycles. The van der Waals surface area contributed by atoms with Crippen LogP contribution in [0, 0.1) is 6.92 Å². The Kier molecular flexibility index (Phi) is 4.54. The van der Waals surface area contributed by atoms with Gasteiger partial charge in [0.25, 0.3) is 10.1 Å². The van der Waals surface area contributed by atoms with Gasteiger partial charge in [-0.25, -0.2) is 9.97 Å². The highest BCUT2D eigenvalue weighted by atomic mass is 35.5. The van der Waals surface area contributed by atoms with E-state index in [1.54, 1.807) is 0 Å². The lowest BCUT2D eigenvalue weighted by Crippen LogP contribution is -2.21. The van der Waals surface area contributed by atoms with Crippen molar-refractivity contribution in [3.63, 3.8) is 0 Å². The van der Waals surface area contributed by atoms with Crippen LogP contribution < -0.4 is 0 Å². The van der Waals surface area contributed by atoms with E-state index in [1.165, 1.54) is 13.0 Å². The van der Waals surface area contributed by atoms with Gasteiger partial charge in [-0.3, -0.25) is 4.18 Å². The van der Waals surface area contributed by atoms with Gasteiger partial charge in [-0.15, -0.1) is 0 Å². The Morgan fingerprint density at radius 3 is 2.14 bits per heavy atom. The molecular weight excluding hydrogens is 368 g/mol. The van der Waals surface area contributed by atoms with E-state index in [0.29, 0.717) is 0 Å². The summed E-state index contributed by atoms with van der Waals surface area (Å²) in [6.07, 6.45) is -4.77. The van der Waals surface area contributed by atoms with E-state index in [9.17, 15) is 21.6 Å². The number of rotatable bonds is 3.